The number of nitrogens with one attached hydrogen (secondary N) is 2. The van der Waals surface area contributed by atoms with Crippen LogP contribution in [0.25, 0.3) is 11.0 Å². The van der Waals surface area contributed by atoms with E-state index in [1.54, 1.807) is 14.9 Å². The van der Waals surface area contributed by atoms with Crippen LogP contribution in [-0.4, -0.2) is 91.0 Å². The van der Waals surface area contributed by atoms with Crippen LogP contribution in [0.3, 0.4) is 0 Å². The molecule has 0 amide bonds. The number of H-pyrrole nitrogens is 1. The summed E-state index contributed by atoms with van der Waals surface area (Å²) >= 11 is 0. The molecule has 4 aliphatic rings. The maximum absolute atomic E-state index is 13.2. The lowest BCUT2D eigenvalue weighted by molar-refractivity contribution is 0.266. The van der Waals surface area contributed by atoms with Crippen molar-refractivity contribution < 1.29 is 16.8 Å². The van der Waals surface area contributed by atoms with Crippen molar-refractivity contribution in [3.8, 4) is 0 Å². The van der Waals surface area contributed by atoms with Gasteiger partial charge in [0.25, 0.3) is 10.2 Å². The minimum atomic E-state index is -3.62. The van der Waals surface area contributed by atoms with Crippen LogP contribution in [0.5, 0.6) is 0 Å². The molecule has 4 heterocycles. The van der Waals surface area contributed by atoms with Gasteiger partial charge in [0.1, 0.15) is 17.8 Å². The Morgan fingerprint density at radius 1 is 1.06 bits per heavy atom. The highest BCUT2D eigenvalue weighted by atomic mass is 32.2. The number of aromatic nitrogens is 3. The van der Waals surface area contributed by atoms with Crippen molar-refractivity contribution in [1.82, 2.24) is 28.3 Å². The van der Waals surface area contributed by atoms with Gasteiger partial charge in [-0.2, -0.15) is 12.7 Å². The molecule has 2 saturated heterocycles. The Morgan fingerprint density at radius 3 is 2.66 bits per heavy atom. The fourth-order valence-electron chi connectivity index (χ4n) is 5.62. The smallest absolute Gasteiger partial charge is 0.280 e. The minimum absolute atomic E-state index is 0.194. The summed E-state index contributed by atoms with van der Waals surface area (Å²) < 4.78 is 57.6. The third-order valence-electron chi connectivity index (χ3n) is 7.96. The van der Waals surface area contributed by atoms with E-state index in [1.807, 2.05) is 12.3 Å². The molecule has 4 fully saturated rings. The summed E-state index contributed by atoms with van der Waals surface area (Å²) in [6.07, 6.45) is 8.53. The lowest BCUT2D eigenvalue weighted by atomic mass is 10.1. The van der Waals surface area contributed by atoms with Crippen LogP contribution in [0.2, 0.25) is 0 Å². The summed E-state index contributed by atoms with van der Waals surface area (Å²) in [6, 6.07) is 1.95. The molecule has 1 atom stereocenters. The Bertz CT molecular complexity index is 1300. The molecule has 0 bridgehead atoms. The third-order valence-corrected chi connectivity index (χ3v) is 11.7. The molecule has 2 N–H and O–H groups in total. The molecule has 11 nitrogen and oxygen atoms in total. The first-order valence-corrected chi connectivity index (χ1v) is 15.6. The van der Waals surface area contributed by atoms with Gasteiger partial charge in [-0.25, -0.2) is 27.4 Å². The van der Waals surface area contributed by atoms with Gasteiger partial charge in [0.15, 0.2) is 0 Å². The van der Waals surface area contributed by atoms with Crippen LogP contribution >= 0.6 is 0 Å². The van der Waals surface area contributed by atoms with Crippen LogP contribution in [0.1, 0.15) is 38.5 Å². The highest BCUT2D eigenvalue weighted by molar-refractivity contribution is 7.89. The SMILES string of the molecule is O=S(=O)(CC1CC1)N1CCC(CCNS(=O)(=O)N2CCN(c3ncnc4[nH]ccc34)CC23CC3)C1. The number of anilines is 1. The van der Waals surface area contributed by atoms with Crippen molar-refractivity contribution in [3.63, 3.8) is 0 Å². The Kier molecular flexibility index (Phi) is 5.83. The van der Waals surface area contributed by atoms with Gasteiger partial charge in [-0.05, 0) is 56.4 Å². The Balaban J connectivity index is 1.04. The first-order valence-electron chi connectivity index (χ1n) is 12.5. The predicted octanol–water partition coefficient (Wildman–Crippen LogP) is 0.899. The molecule has 1 unspecified atom stereocenters. The molecule has 2 aliphatic carbocycles. The molecule has 2 aliphatic heterocycles. The van der Waals surface area contributed by atoms with E-state index >= 15 is 0 Å². The molecule has 6 rings (SSSR count). The van der Waals surface area contributed by atoms with Crippen molar-refractivity contribution >= 4 is 37.1 Å². The van der Waals surface area contributed by atoms with E-state index in [0.29, 0.717) is 51.6 Å². The first kappa shape index (κ1) is 23.6. The number of fused-ring (bicyclic) bond motifs is 1. The quantitative estimate of drug-likeness (QED) is 0.499. The average molecular weight is 524 g/mol. The van der Waals surface area contributed by atoms with Crippen LogP contribution in [-0.2, 0) is 20.2 Å². The summed E-state index contributed by atoms with van der Waals surface area (Å²) in [5.41, 5.74) is 0.390. The van der Waals surface area contributed by atoms with Crippen molar-refractivity contribution in [2.45, 2.75) is 44.1 Å². The van der Waals surface area contributed by atoms with E-state index < -0.39 is 25.8 Å². The number of hydrogen-bond acceptors (Lipinski definition) is 7. The summed E-state index contributed by atoms with van der Waals surface area (Å²) in [4.78, 5) is 14.0. The van der Waals surface area contributed by atoms with E-state index in [1.165, 1.54) is 0 Å². The van der Waals surface area contributed by atoms with Gasteiger partial charge in [0.2, 0.25) is 10.0 Å². The average Bonchev–Trinajstić information content (AvgIpc) is 3.66. The first-order chi connectivity index (χ1) is 16.8. The van der Waals surface area contributed by atoms with E-state index in [-0.39, 0.29) is 11.7 Å². The molecule has 2 aromatic rings. The van der Waals surface area contributed by atoms with Gasteiger partial charge in [-0.1, -0.05) is 0 Å². The molecule has 192 valence electrons. The molecular weight excluding hydrogens is 490 g/mol. The van der Waals surface area contributed by atoms with Crippen molar-refractivity contribution in [1.29, 1.82) is 0 Å². The zero-order valence-corrected chi connectivity index (χ0v) is 21.4. The van der Waals surface area contributed by atoms with E-state index in [0.717, 1.165) is 49.0 Å². The Labute approximate surface area is 206 Å². The Hall–Kier alpha value is -1.80. The zero-order chi connectivity index (χ0) is 24.3. The molecule has 13 heteroatoms. The number of rotatable bonds is 9. The highest BCUT2D eigenvalue weighted by Gasteiger charge is 2.56. The van der Waals surface area contributed by atoms with Gasteiger partial charge in [-0.15, -0.1) is 0 Å². The number of aromatic amines is 1. The molecule has 0 radical (unpaired) electrons. The van der Waals surface area contributed by atoms with Gasteiger partial charge in [0.05, 0.1) is 16.7 Å². The molecule has 2 saturated carbocycles. The normalized spacial score (nSPS) is 25.6. The van der Waals surface area contributed by atoms with Crippen LogP contribution in [0.4, 0.5) is 5.82 Å². The summed E-state index contributed by atoms with van der Waals surface area (Å²) in [5.74, 6) is 1.64. The lowest BCUT2D eigenvalue weighted by Crippen LogP contribution is -2.59. The molecule has 0 aromatic carbocycles. The molecule has 35 heavy (non-hydrogen) atoms. The second-order valence-corrected chi connectivity index (χ2v) is 14.3. The fraction of sp³-hybridized carbons (Fsp3) is 0.727. The minimum Gasteiger partial charge on any atom is -0.353 e. The molecule has 1 spiro atoms. The number of sulfonamides is 1. The van der Waals surface area contributed by atoms with Crippen molar-refractivity contribution in [3.05, 3.63) is 18.6 Å². The van der Waals surface area contributed by atoms with Gasteiger partial charge < -0.3 is 9.88 Å². The summed E-state index contributed by atoms with van der Waals surface area (Å²) in [7, 11) is -6.80. The van der Waals surface area contributed by atoms with Crippen molar-refractivity contribution in [2.75, 3.05) is 49.9 Å². The largest absolute Gasteiger partial charge is 0.353 e. The molecular formula is C22H33N7O4S2. The third kappa shape index (κ3) is 4.68. The lowest BCUT2D eigenvalue weighted by Gasteiger charge is -2.41. The summed E-state index contributed by atoms with van der Waals surface area (Å²) in [5, 5.41) is 0.947. The van der Waals surface area contributed by atoms with Crippen LogP contribution in [0, 0.1) is 11.8 Å². The van der Waals surface area contributed by atoms with E-state index in [4.69, 9.17) is 0 Å². The highest BCUT2D eigenvalue weighted by Crippen LogP contribution is 2.46. The topological polar surface area (TPSA) is 132 Å². The van der Waals surface area contributed by atoms with Crippen molar-refractivity contribution in [2.24, 2.45) is 11.8 Å². The van der Waals surface area contributed by atoms with E-state index in [9.17, 15) is 16.8 Å². The number of piperazine rings is 1. The number of hydrogen-bond donors (Lipinski definition) is 2. The standard InChI is InChI=1S/C22H33N7O4S2/c30-34(31,14-18-1-2-18)28-10-5-17(13-28)3-9-26-35(32,33)29-12-11-27(15-22(29)6-7-22)21-19-4-8-23-20(19)24-16-25-21/h4,8,16-18,26H,1-3,5-7,9-15H2,(H,23,24,25). The monoisotopic (exact) mass is 523 g/mol. The Morgan fingerprint density at radius 2 is 1.89 bits per heavy atom. The predicted molar refractivity (Wildman–Crippen MR) is 133 cm³/mol. The zero-order valence-electron chi connectivity index (χ0n) is 19.8. The fourth-order valence-corrected chi connectivity index (χ4v) is 9.19. The van der Waals surface area contributed by atoms with Crippen LogP contribution < -0.4 is 9.62 Å². The van der Waals surface area contributed by atoms with Gasteiger partial charge in [-0.3, -0.25) is 0 Å². The van der Waals surface area contributed by atoms with Gasteiger partial charge in [0, 0.05) is 45.5 Å². The number of nitrogens with zero attached hydrogens (tertiary/aromatic N) is 5. The second kappa shape index (κ2) is 8.65. The molecule has 2 aromatic heterocycles. The maximum Gasteiger partial charge on any atom is 0.280 e. The van der Waals surface area contributed by atoms with Gasteiger partial charge >= 0.3 is 0 Å². The van der Waals surface area contributed by atoms with Crippen LogP contribution in [0.15, 0.2) is 18.6 Å². The maximum atomic E-state index is 13.2. The second-order valence-electron chi connectivity index (χ2n) is 10.6. The van der Waals surface area contributed by atoms with E-state index in [2.05, 4.69) is 24.6 Å². The summed E-state index contributed by atoms with van der Waals surface area (Å²) in [6.45, 7) is 2.97.